The topological polar surface area (TPSA) is 49.9 Å². The molecule has 1 aromatic carbocycles. The van der Waals surface area contributed by atoms with E-state index in [0.717, 1.165) is 49.9 Å². The quantitative estimate of drug-likeness (QED) is 0.818. The number of benzene rings is 1. The summed E-state index contributed by atoms with van der Waals surface area (Å²) in [6.07, 6.45) is 3.94. The lowest BCUT2D eigenvalue weighted by molar-refractivity contribution is -0.139. The first-order valence-electron chi connectivity index (χ1n) is 9.82. The molecule has 3 aliphatic heterocycles. The second-order valence-corrected chi connectivity index (χ2v) is 8.11. The number of ether oxygens (including phenoxy) is 1. The molecule has 1 unspecified atom stereocenters. The van der Waals surface area contributed by atoms with E-state index < -0.39 is 0 Å². The molecule has 26 heavy (non-hydrogen) atoms. The van der Waals surface area contributed by atoms with Gasteiger partial charge in [0.25, 0.3) is 5.91 Å². The highest BCUT2D eigenvalue weighted by Crippen LogP contribution is 2.45. The van der Waals surface area contributed by atoms with Gasteiger partial charge in [0.05, 0.1) is 5.92 Å². The molecule has 3 saturated heterocycles. The zero-order chi connectivity index (χ0) is 18.1. The Labute approximate surface area is 155 Å². The molecule has 3 fully saturated rings. The Bertz CT molecular complexity index is 690. The van der Waals surface area contributed by atoms with Crippen LogP contribution in [-0.4, -0.2) is 61.0 Å². The molecule has 5 heteroatoms. The molecule has 0 N–H and O–H groups in total. The van der Waals surface area contributed by atoms with Crippen LogP contribution in [0.25, 0.3) is 0 Å². The molecular formula is C21H28N2O3. The molecule has 0 radical (unpaired) electrons. The second kappa shape index (κ2) is 7.03. The lowest BCUT2D eigenvalue weighted by Crippen LogP contribution is -2.45. The van der Waals surface area contributed by atoms with Gasteiger partial charge in [-0.05, 0) is 44.7 Å². The van der Waals surface area contributed by atoms with E-state index in [1.807, 2.05) is 41.0 Å². The predicted octanol–water partition coefficient (Wildman–Crippen LogP) is 2.49. The third-order valence-electron chi connectivity index (χ3n) is 6.40. The zero-order valence-corrected chi connectivity index (χ0v) is 15.6. The first-order chi connectivity index (χ1) is 12.6. The van der Waals surface area contributed by atoms with Crippen LogP contribution in [0.2, 0.25) is 0 Å². The summed E-state index contributed by atoms with van der Waals surface area (Å²) in [5.74, 6) is 0.221. The van der Waals surface area contributed by atoms with E-state index in [9.17, 15) is 9.59 Å². The van der Waals surface area contributed by atoms with Gasteiger partial charge in [-0.1, -0.05) is 17.7 Å². The number of rotatable bonds is 2. The van der Waals surface area contributed by atoms with Crippen molar-refractivity contribution < 1.29 is 14.3 Å². The molecule has 1 aromatic rings. The van der Waals surface area contributed by atoms with Gasteiger partial charge in [0.2, 0.25) is 5.91 Å². The Morgan fingerprint density at radius 3 is 2.54 bits per heavy atom. The molecule has 140 valence electrons. The van der Waals surface area contributed by atoms with Crippen LogP contribution in [0.15, 0.2) is 24.3 Å². The van der Waals surface area contributed by atoms with Gasteiger partial charge in [-0.2, -0.15) is 0 Å². The average Bonchev–Trinajstić information content (AvgIpc) is 3.30. The van der Waals surface area contributed by atoms with E-state index in [4.69, 9.17) is 4.74 Å². The minimum Gasteiger partial charge on any atom is -0.381 e. The molecule has 0 aromatic heterocycles. The van der Waals surface area contributed by atoms with Gasteiger partial charge in [0.1, 0.15) is 0 Å². The van der Waals surface area contributed by atoms with Crippen molar-refractivity contribution in [3.63, 3.8) is 0 Å². The summed E-state index contributed by atoms with van der Waals surface area (Å²) in [7, 11) is 0. The van der Waals surface area contributed by atoms with Gasteiger partial charge >= 0.3 is 0 Å². The summed E-state index contributed by atoms with van der Waals surface area (Å²) in [5.41, 5.74) is 1.69. The standard InChI is InChI=1S/C21H28N2O3/c1-16-5-4-6-17(13-16)19(24)23-14-18(20(25)22-9-2-3-10-22)21(15-23)7-11-26-12-8-21/h4-6,13,18H,2-3,7-12,14-15H2,1H3. The Kier molecular flexibility index (Phi) is 4.74. The van der Waals surface area contributed by atoms with Crippen molar-refractivity contribution in [3.05, 3.63) is 35.4 Å². The summed E-state index contributed by atoms with van der Waals surface area (Å²) in [6, 6.07) is 7.74. The van der Waals surface area contributed by atoms with E-state index in [0.29, 0.717) is 26.3 Å². The Morgan fingerprint density at radius 2 is 1.85 bits per heavy atom. The molecule has 1 spiro atoms. The number of hydrogen-bond acceptors (Lipinski definition) is 3. The van der Waals surface area contributed by atoms with Gasteiger partial charge in [-0.25, -0.2) is 0 Å². The third kappa shape index (κ3) is 3.13. The van der Waals surface area contributed by atoms with Crippen molar-refractivity contribution in [2.24, 2.45) is 11.3 Å². The van der Waals surface area contributed by atoms with Crippen LogP contribution in [0.4, 0.5) is 0 Å². The van der Waals surface area contributed by atoms with E-state index in [2.05, 4.69) is 0 Å². The Balaban J connectivity index is 1.58. The normalized spacial score (nSPS) is 25.0. The molecular weight excluding hydrogens is 328 g/mol. The number of likely N-dealkylation sites (tertiary alicyclic amines) is 2. The molecule has 0 bridgehead atoms. The molecule has 3 heterocycles. The Morgan fingerprint density at radius 1 is 1.12 bits per heavy atom. The first-order valence-corrected chi connectivity index (χ1v) is 9.82. The Hall–Kier alpha value is -1.88. The highest BCUT2D eigenvalue weighted by Gasteiger charge is 2.52. The predicted molar refractivity (Wildman–Crippen MR) is 98.9 cm³/mol. The molecule has 4 rings (SSSR count). The fourth-order valence-corrected chi connectivity index (χ4v) is 4.87. The van der Waals surface area contributed by atoms with Crippen molar-refractivity contribution in [3.8, 4) is 0 Å². The van der Waals surface area contributed by atoms with Crippen molar-refractivity contribution in [2.45, 2.75) is 32.6 Å². The van der Waals surface area contributed by atoms with E-state index >= 15 is 0 Å². The number of nitrogens with zero attached hydrogens (tertiary/aromatic N) is 2. The van der Waals surface area contributed by atoms with Gasteiger partial charge in [-0.3, -0.25) is 9.59 Å². The number of hydrogen-bond donors (Lipinski definition) is 0. The van der Waals surface area contributed by atoms with Crippen molar-refractivity contribution >= 4 is 11.8 Å². The highest BCUT2D eigenvalue weighted by molar-refractivity contribution is 5.95. The summed E-state index contributed by atoms with van der Waals surface area (Å²) in [6.45, 7) is 6.34. The smallest absolute Gasteiger partial charge is 0.253 e. The minimum absolute atomic E-state index is 0.0521. The zero-order valence-electron chi connectivity index (χ0n) is 15.6. The maximum absolute atomic E-state index is 13.2. The fraction of sp³-hybridized carbons (Fsp3) is 0.619. The van der Waals surface area contributed by atoms with Crippen LogP contribution in [0.5, 0.6) is 0 Å². The molecule has 3 aliphatic rings. The van der Waals surface area contributed by atoms with Crippen molar-refractivity contribution in [1.82, 2.24) is 9.80 Å². The van der Waals surface area contributed by atoms with Crippen LogP contribution in [0.1, 0.15) is 41.6 Å². The van der Waals surface area contributed by atoms with Gasteiger partial charge in [-0.15, -0.1) is 0 Å². The number of carbonyl (C=O) groups excluding carboxylic acids is 2. The largest absolute Gasteiger partial charge is 0.381 e. The molecule has 1 atom stereocenters. The SMILES string of the molecule is Cc1cccc(C(=O)N2CC(C(=O)N3CCCC3)C3(CCOCC3)C2)c1. The maximum Gasteiger partial charge on any atom is 0.253 e. The van der Waals surface area contributed by atoms with E-state index in [1.54, 1.807) is 0 Å². The summed E-state index contributed by atoms with van der Waals surface area (Å²) < 4.78 is 5.58. The van der Waals surface area contributed by atoms with Gasteiger partial charge in [0.15, 0.2) is 0 Å². The average molecular weight is 356 g/mol. The minimum atomic E-state index is -0.114. The summed E-state index contributed by atoms with van der Waals surface area (Å²) in [5, 5.41) is 0. The number of amides is 2. The summed E-state index contributed by atoms with van der Waals surface area (Å²) in [4.78, 5) is 30.2. The van der Waals surface area contributed by atoms with Crippen LogP contribution < -0.4 is 0 Å². The first kappa shape index (κ1) is 17.5. The van der Waals surface area contributed by atoms with Crippen LogP contribution in [-0.2, 0) is 9.53 Å². The molecule has 0 saturated carbocycles. The van der Waals surface area contributed by atoms with Gasteiger partial charge < -0.3 is 14.5 Å². The molecule has 5 nitrogen and oxygen atoms in total. The van der Waals surface area contributed by atoms with Crippen molar-refractivity contribution in [2.75, 3.05) is 39.4 Å². The lowest BCUT2D eigenvalue weighted by atomic mass is 9.71. The monoisotopic (exact) mass is 356 g/mol. The number of aryl methyl sites for hydroxylation is 1. The van der Waals surface area contributed by atoms with E-state index in [1.165, 1.54) is 0 Å². The molecule has 2 amide bonds. The number of carbonyl (C=O) groups is 2. The maximum atomic E-state index is 13.2. The second-order valence-electron chi connectivity index (χ2n) is 8.11. The van der Waals surface area contributed by atoms with Crippen LogP contribution >= 0.6 is 0 Å². The van der Waals surface area contributed by atoms with Crippen molar-refractivity contribution in [1.29, 1.82) is 0 Å². The molecule has 0 aliphatic carbocycles. The lowest BCUT2D eigenvalue weighted by Gasteiger charge is -2.38. The third-order valence-corrected chi connectivity index (χ3v) is 6.40. The summed E-state index contributed by atoms with van der Waals surface area (Å²) >= 11 is 0. The van der Waals surface area contributed by atoms with Crippen LogP contribution in [0, 0.1) is 18.3 Å². The van der Waals surface area contributed by atoms with Crippen LogP contribution in [0.3, 0.4) is 0 Å². The van der Waals surface area contributed by atoms with Gasteiger partial charge in [0, 0.05) is 50.4 Å². The highest BCUT2D eigenvalue weighted by atomic mass is 16.5. The van der Waals surface area contributed by atoms with E-state index in [-0.39, 0.29) is 23.1 Å². The fourth-order valence-electron chi connectivity index (χ4n) is 4.87.